The molecule has 1 nitrogen and oxygen atoms in total. The minimum atomic E-state index is 0.253. The quantitative estimate of drug-likeness (QED) is 0.831. The van der Waals surface area contributed by atoms with Crippen molar-refractivity contribution in [3.8, 4) is 0 Å². The van der Waals surface area contributed by atoms with Gasteiger partial charge in [0.25, 0.3) is 0 Å². The fourth-order valence-corrected chi connectivity index (χ4v) is 4.50. The third-order valence-electron chi connectivity index (χ3n) is 4.18. The number of nitrogens with two attached hydrogens (primary N) is 1. The lowest BCUT2D eigenvalue weighted by Crippen LogP contribution is -2.25. The summed E-state index contributed by atoms with van der Waals surface area (Å²) in [4.78, 5) is 1.36. The second-order valence-electron chi connectivity index (χ2n) is 5.32. The van der Waals surface area contributed by atoms with E-state index < -0.39 is 0 Å². The molecule has 1 aromatic heterocycles. The lowest BCUT2D eigenvalue weighted by atomic mass is 9.77. The highest BCUT2D eigenvalue weighted by Crippen LogP contribution is 2.40. The zero-order chi connectivity index (χ0) is 12.4. The molecule has 1 aliphatic carbocycles. The van der Waals surface area contributed by atoms with Gasteiger partial charge in [-0.05, 0) is 59.2 Å². The lowest BCUT2D eigenvalue weighted by molar-refractivity contribution is 0.241. The Morgan fingerprint density at radius 3 is 2.53 bits per heavy atom. The summed E-state index contributed by atoms with van der Waals surface area (Å²) in [6, 6.07) is 2.51. The van der Waals surface area contributed by atoms with E-state index in [4.69, 9.17) is 5.73 Å². The zero-order valence-electron chi connectivity index (χ0n) is 10.7. The van der Waals surface area contributed by atoms with Crippen molar-refractivity contribution in [2.45, 2.75) is 52.0 Å². The van der Waals surface area contributed by atoms with E-state index in [1.165, 1.54) is 46.3 Å². The number of hydrogen-bond donors (Lipinski definition) is 1. The number of thiophene rings is 1. The predicted molar refractivity (Wildman–Crippen MR) is 79.4 cm³/mol. The third kappa shape index (κ3) is 3.12. The van der Waals surface area contributed by atoms with Gasteiger partial charge >= 0.3 is 0 Å². The van der Waals surface area contributed by atoms with E-state index in [2.05, 4.69) is 35.8 Å². The fraction of sp³-hybridized carbons (Fsp3) is 0.714. The van der Waals surface area contributed by atoms with Crippen molar-refractivity contribution in [1.82, 2.24) is 0 Å². The van der Waals surface area contributed by atoms with Crippen molar-refractivity contribution in [1.29, 1.82) is 0 Å². The number of halogens is 1. The molecule has 1 aliphatic rings. The Labute approximate surface area is 117 Å². The second kappa shape index (κ2) is 5.85. The van der Waals surface area contributed by atoms with Gasteiger partial charge in [0.1, 0.15) is 0 Å². The molecule has 0 saturated heterocycles. The van der Waals surface area contributed by atoms with Crippen molar-refractivity contribution in [2.75, 3.05) is 0 Å². The average molecular weight is 316 g/mol. The van der Waals surface area contributed by atoms with Crippen LogP contribution in [0, 0.1) is 18.8 Å². The molecule has 1 aromatic rings. The van der Waals surface area contributed by atoms with E-state index in [1.54, 1.807) is 0 Å². The van der Waals surface area contributed by atoms with Gasteiger partial charge in [-0.2, -0.15) is 0 Å². The molecule has 1 atom stereocenters. The maximum atomic E-state index is 6.43. The first-order valence-electron chi connectivity index (χ1n) is 6.63. The van der Waals surface area contributed by atoms with Crippen LogP contribution in [-0.4, -0.2) is 0 Å². The summed E-state index contributed by atoms with van der Waals surface area (Å²) in [7, 11) is 0. The molecule has 1 saturated carbocycles. The summed E-state index contributed by atoms with van der Waals surface area (Å²) in [6.45, 7) is 4.45. The predicted octanol–water partition coefficient (Wildman–Crippen LogP) is 5.04. The standard InChI is InChI=1S/C14H22BrNS/c1-3-10-4-6-11(7-5-10)13(16)12-8-9(2)14(15)17-12/h8,10-11,13H,3-7,16H2,1-2H3. The topological polar surface area (TPSA) is 26.0 Å². The second-order valence-corrected chi connectivity index (χ2v) is 7.72. The molecule has 1 fully saturated rings. The van der Waals surface area contributed by atoms with Gasteiger partial charge in [0, 0.05) is 10.9 Å². The van der Waals surface area contributed by atoms with Crippen LogP contribution in [0.5, 0.6) is 0 Å². The van der Waals surface area contributed by atoms with Gasteiger partial charge < -0.3 is 5.73 Å². The molecule has 96 valence electrons. The Hall–Kier alpha value is 0.140. The zero-order valence-corrected chi connectivity index (χ0v) is 13.1. The molecule has 3 heteroatoms. The number of aryl methyl sites for hydroxylation is 1. The van der Waals surface area contributed by atoms with Gasteiger partial charge in [-0.15, -0.1) is 11.3 Å². The first kappa shape index (κ1) is 13.6. The molecule has 0 aliphatic heterocycles. The van der Waals surface area contributed by atoms with Crippen LogP contribution >= 0.6 is 27.3 Å². The normalized spacial score (nSPS) is 27.1. The molecular weight excluding hydrogens is 294 g/mol. The lowest BCUT2D eigenvalue weighted by Gasteiger charge is -2.31. The van der Waals surface area contributed by atoms with Crippen LogP contribution in [0.2, 0.25) is 0 Å². The van der Waals surface area contributed by atoms with Gasteiger partial charge in [0.2, 0.25) is 0 Å². The summed E-state index contributed by atoms with van der Waals surface area (Å²) in [5.41, 5.74) is 7.75. The van der Waals surface area contributed by atoms with Crippen LogP contribution in [-0.2, 0) is 0 Å². The van der Waals surface area contributed by atoms with Crippen molar-refractivity contribution in [2.24, 2.45) is 17.6 Å². The maximum Gasteiger partial charge on any atom is 0.0731 e. The monoisotopic (exact) mass is 315 g/mol. The van der Waals surface area contributed by atoms with E-state index in [-0.39, 0.29) is 6.04 Å². The molecule has 0 amide bonds. The maximum absolute atomic E-state index is 6.43. The molecule has 0 spiro atoms. The van der Waals surface area contributed by atoms with E-state index in [9.17, 15) is 0 Å². The first-order chi connectivity index (χ1) is 8.11. The van der Waals surface area contributed by atoms with Gasteiger partial charge in [-0.3, -0.25) is 0 Å². The molecule has 1 heterocycles. The minimum absolute atomic E-state index is 0.253. The largest absolute Gasteiger partial charge is 0.323 e. The SMILES string of the molecule is CCC1CCC(C(N)c2cc(C)c(Br)s2)CC1. The smallest absolute Gasteiger partial charge is 0.0731 e. The van der Waals surface area contributed by atoms with E-state index >= 15 is 0 Å². The van der Waals surface area contributed by atoms with E-state index in [0.29, 0.717) is 5.92 Å². The van der Waals surface area contributed by atoms with Crippen molar-refractivity contribution in [3.05, 3.63) is 20.3 Å². The van der Waals surface area contributed by atoms with Crippen LogP contribution in [0.4, 0.5) is 0 Å². The van der Waals surface area contributed by atoms with Crippen LogP contribution in [0.3, 0.4) is 0 Å². The highest BCUT2D eigenvalue weighted by atomic mass is 79.9. The molecule has 0 radical (unpaired) electrons. The molecule has 17 heavy (non-hydrogen) atoms. The van der Waals surface area contributed by atoms with Gasteiger partial charge in [-0.25, -0.2) is 0 Å². The third-order valence-corrected chi connectivity index (χ3v) is 6.42. The van der Waals surface area contributed by atoms with Gasteiger partial charge in [0.15, 0.2) is 0 Å². The van der Waals surface area contributed by atoms with Crippen molar-refractivity contribution in [3.63, 3.8) is 0 Å². The summed E-state index contributed by atoms with van der Waals surface area (Å²) in [5, 5.41) is 0. The summed E-state index contributed by atoms with van der Waals surface area (Å²) in [5.74, 6) is 1.65. The molecule has 2 rings (SSSR count). The molecule has 0 bridgehead atoms. The van der Waals surface area contributed by atoms with Crippen LogP contribution in [0.1, 0.15) is 55.5 Å². The first-order valence-corrected chi connectivity index (χ1v) is 8.24. The molecular formula is C14H22BrNS. The highest BCUT2D eigenvalue weighted by Gasteiger charge is 2.26. The van der Waals surface area contributed by atoms with Crippen LogP contribution < -0.4 is 5.73 Å². The number of rotatable bonds is 3. The molecule has 0 aromatic carbocycles. The van der Waals surface area contributed by atoms with E-state index in [0.717, 1.165) is 5.92 Å². The number of hydrogen-bond acceptors (Lipinski definition) is 2. The highest BCUT2D eigenvalue weighted by molar-refractivity contribution is 9.11. The minimum Gasteiger partial charge on any atom is -0.323 e. The summed E-state index contributed by atoms with van der Waals surface area (Å²) in [6.07, 6.45) is 6.72. The average Bonchev–Trinajstić information content (AvgIpc) is 2.69. The van der Waals surface area contributed by atoms with Crippen LogP contribution in [0.25, 0.3) is 0 Å². The Morgan fingerprint density at radius 2 is 2.06 bits per heavy atom. The van der Waals surface area contributed by atoms with Gasteiger partial charge in [0.05, 0.1) is 3.79 Å². The molecule has 1 unspecified atom stereocenters. The molecule has 2 N–H and O–H groups in total. The van der Waals surface area contributed by atoms with Crippen molar-refractivity contribution < 1.29 is 0 Å². The Bertz CT molecular complexity index is 347. The Morgan fingerprint density at radius 1 is 1.41 bits per heavy atom. The fourth-order valence-electron chi connectivity index (χ4n) is 2.84. The van der Waals surface area contributed by atoms with Crippen LogP contribution in [0.15, 0.2) is 9.85 Å². The van der Waals surface area contributed by atoms with E-state index in [1.807, 2.05) is 11.3 Å². The Kier molecular flexibility index (Phi) is 4.67. The summed E-state index contributed by atoms with van der Waals surface area (Å²) < 4.78 is 1.24. The van der Waals surface area contributed by atoms with Gasteiger partial charge in [-0.1, -0.05) is 26.2 Å². The van der Waals surface area contributed by atoms with Crippen molar-refractivity contribution >= 4 is 27.3 Å². The Balaban J connectivity index is 1.99. The summed E-state index contributed by atoms with van der Waals surface area (Å²) >= 11 is 5.41.